The number of carbonyl (C=O) groups is 1. The zero-order chi connectivity index (χ0) is 29.8. The van der Waals surface area contributed by atoms with Crippen LogP contribution in [0.25, 0.3) is 16.8 Å². The Morgan fingerprint density at radius 3 is 2.71 bits per heavy atom. The standard InChI is InChI=1S/C32H36F2N4O3/c1-7-8-36-15-21-9-20(10-28(40-6)29(21)35)32(39)37-14-18(4)27-12-23-19(5)16-41-31(23)30(38-27)24-11-22(17(2)3)25(33)13-26(24)34/h9-13,15,17,19H,4,7-8,14,16,35H2,1-3,5-6H3,(H,37,39). The molecule has 0 fully saturated rings. The van der Waals surface area contributed by atoms with Gasteiger partial charge in [-0.15, -0.1) is 0 Å². The minimum Gasteiger partial charge on any atom is -0.495 e. The number of nitrogens with two attached hydrogens (primary N) is 1. The minimum absolute atomic E-state index is 0.0380. The van der Waals surface area contributed by atoms with Gasteiger partial charge in [-0.3, -0.25) is 9.79 Å². The lowest BCUT2D eigenvalue weighted by Gasteiger charge is -2.16. The molecule has 9 heteroatoms. The van der Waals surface area contributed by atoms with Gasteiger partial charge in [-0.05, 0) is 47.7 Å². The molecule has 0 saturated carbocycles. The molecule has 0 spiro atoms. The van der Waals surface area contributed by atoms with Gasteiger partial charge in [0.25, 0.3) is 5.91 Å². The molecule has 1 aliphatic heterocycles. The van der Waals surface area contributed by atoms with Gasteiger partial charge in [0, 0.05) is 53.5 Å². The number of nitrogens with one attached hydrogen (secondary N) is 1. The van der Waals surface area contributed by atoms with Gasteiger partial charge in [0.1, 0.15) is 28.8 Å². The third-order valence-electron chi connectivity index (χ3n) is 7.04. The summed E-state index contributed by atoms with van der Waals surface area (Å²) in [6.07, 6.45) is 2.52. The first kappa shape index (κ1) is 29.7. The molecule has 0 saturated heterocycles. The quantitative estimate of drug-likeness (QED) is 0.217. The van der Waals surface area contributed by atoms with E-state index in [1.807, 2.05) is 33.8 Å². The third-order valence-corrected chi connectivity index (χ3v) is 7.04. The Labute approximate surface area is 239 Å². The van der Waals surface area contributed by atoms with Crippen LogP contribution in [0, 0.1) is 11.6 Å². The Kier molecular flexibility index (Phi) is 9.05. The first-order chi connectivity index (χ1) is 19.5. The van der Waals surface area contributed by atoms with Crippen molar-refractivity contribution < 1.29 is 23.0 Å². The number of nitrogens with zero attached hydrogens (tertiary/aromatic N) is 2. The number of carbonyl (C=O) groups excluding carboxylic acids is 1. The molecule has 3 N–H and O–H groups in total. The van der Waals surface area contributed by atoms with Crippen LogP contribution >= 0.6 is 0 Å². The first-order valence-corrected chi connectivity index (χ1v) is 13.7. The summed E-state index contributed by atoms with van der Waals surface area (Å²) in [6, 6.07) is 7.46. The summed E-state index contributed by atoms with van der Waals surface area (Å²) < 4.78 is 40.8. The molecule has 1 aliphatic rings. The number of hydrogen-bond acceptors (Lipinski definition) is 6. The van der Waals surface area contributed by atoms with Crippen molar-refractivity contribution in [3.05, 3.63) is 76.5 Å². The molecule has 4 rings (SSSR count). The maximum absolute atomic E-state index is 15.1. The maximum atomic E-state index is 15.1. The largest absolute Gasteiger partial charge is 0.495 e. The topological polar surface area (TPSA) is 98.8 Å². The molecule has 41 heavy (non-hydrogen) atoms. The van der Waals surface area contributed by atoms with E-state index in [0.717, 1.165) is 18.1 Å². The molecule has 7 nitrogen and oxygen atoms in total. The number of amides is 1. The number of aliphatic imine (C=N–C) groups is 1. The van der Waals surface area contributed by atoms with E-state index < -0.39 is 11.6 Å². The van der Waals surface area contributed by atoms with Gasteiger partial charge in [0.15, 0.2) is 0 Å². The number of hydrogen-bond donors (Lipinski definition) is 2. The molecule has 1 atom stereocenters. The minimum atomic E-state index is -0.726. The highest BCUT2D eigenvalue weighted by Crippen LogP contribution is 2.43. The number of rotatable bonds is 10. The van der Waals surface area contributed by atoms with Crippen LogP contribution < -0.4 is 20.5 Å². The number of aromatic nitrogens is 1. The van der Waals surface area contributed by atoms with Crippen LogP contribution in [0.4, 0.5) is 14.5 Å². The molecule has 0 radical (unpaired) electrons. The van der Waals surface area contributed by atoms with Crippen LogP contribution in [-0.4, -0.2) is 43.9 Å². The molecule has 1 amide bonds. The van der Waals surface area contributed by atoms with Crippen LogP contribution in [0.5, 0.6) is 11.5 Å². The van der Waals surface area contributed by atoms with E-state index in [1.165, 1.54) is 13.2 Å². The SMILES string of the molecule is C=C(CNC(=O)c1cc(C=NCCC)c(N)c(OC)c1)c1cc2c(c(-c3cc(C(C)C)c(F)cc3F)n1)OCC2C. The summed E-state index contributed by atoms with van der Waals surface area (Å²) in [6.45, 7) is 13.0. The van der Waals surface area contributed by atoms with Crippen LogP contribution in [-0.2, 0) is 0 Å². The fourth-order valence-corrected chi connectivity index (χ4v) is 4.65. The zero-order valence-electron chi connectivity index (χ0n) is 24.1. The number of halogens is 2. The zero-order valence-corrected chi connectivity index (χ0v) is 24.1. The predicted octanol–water partition coefficient (Wildman–Crippen LogP) is 6.51. The van der Waals surface area contributed by atoms with Crippen molar-refractivity contribution in [1.82, 2.24) is 10.3 Å². The Balaban J connectivity index is 1.63. The number of fused-ring (bicyclic) bond motifs is 1. The molecule has 1 aromatic heterocycles. The predicted molar refractivity (Wildman–Crippen MR) is 159 cm³/mol. The van der Waals surface area contributed by atoms with Crippen molar-refractivity contribution in [3.63, 3.8) is 0 Å². The van der Waals surface area contributed by atoms with Crippen LogP contribution in [0.15, 0.2) is 41.9 Å². The molecule has 216 valence electrons. The second-order valence-corrected chi connectivity index (χ2v) is 10.5. The van der Waals surface area contributed by atoms with E-state index in [2.05, 4.69) is 16.9 Å². The summed E-state index contributed by atoms with van der Waals surface area (Å²) in [5.74, 6) is -0.957. The van der Waals surface area contributed by atoms with Gasteiger partial charge in [-0.1, -0.05) is 34.3 Å². The smallest absolute Gasteiger partial charge is 0.251 e. The molecule has 1 unspecified atom stereocenters. The van der Waals surface area contributed by atoms with Gasteiger partial charge in [-0.25, -0.2) is 13.8 Å². The summed E-state index contributed by atoms with van der Waals surface area (Å²) in [7, 11) is 1.48. The fraction of sp³-hybridized carbons (Fsp3) is 0.344. The van der Waals surface area contributed by atoms with Gasteiger partial charge < -0.3 is 20.5 Å². The van der Waals surface area contributed by atoms with Crippen molar-refractivity contribution >= 4 is 23.4 Å². The van der Waals surface area contributed by atoms with Crippen molar-refractivity contribution in [1.29, 1.82) is 0 Å². The Morgan fingerprint density at radius 1 is 1.27 bits per heavy atom. The van der Waals surface area contributed by atoms with Crippen LogP contribution in [0.3, 0.4) is 0 Å². The number of nitrogen functional groups attached to an aromatic ring is 1. The summed E-state index contributed by atoms with van der Waals surface area (Å²) >= 11 is 0. The summed E-state index contributed by atoms with van der Waals surface area (Å²) in [5, 5.41) is 2.87. The van der Waals surface area contributed by atoms with E-state index in [-0.39, 0.29) is 35.5 Å². The number of methoxy groups -OCH3 is 1. The van der Waals surface area contributed by atoms with Gasteiger partial charge in [-0.2, -0.15) is 0 Å². The van der Waals surface area contributed by atoms with E-state index in [1.54, 1.807) is 18.3 Å². The molecule has 0 bridgehead atoms. The van der Waals surface area contributed by atoms with E-state index >= 15 is 4.39 Å². The highest BCUT2D eigenvalue weighted by molar-refractivity contribution is 6.00. The average molecular weight is 563 g/mol. The van der Waals surface area contributed by atoms with E-state index in [0.29, 0.717) is 58.3 Å². The second-order valence-electron chi connectivity index (χ2n) is 10.5. The Hall–Kier alpha value is -4.27. The van der Waals surface area contributed by atoms with Gasteiger partial charge in [0.05, 0.1) is 25.1 Å². The average Bonchev–Trinajstić information content (AvgIpc) is 3.32. The molecule has 2 heterocycles. The van der Waals surface area contributed by atoms with Crippen molar-refractivity contribution in [2.75, 3.05) is 32.5 Å². The van der Waals surface area contributed by atoms with Crippen molar-refractivity contribution in [3.8, 4) is 22.8 Å². The Morgan fingerprint density at radius 2 is 2.02 bits per heavy atom. The number of pyridine rings is 1. The summed E-state index contributed by atoms with van der Waals surface area (Å²) in [5.41, 5.74) is 10.2. The lowest BCUT2D eigenvalue weighted by Crippen LogP contribution is -2.25. The van der Waals surface area contributed by atoms with E-state index in [9.17, 15) is 9.18 Å². The normalized spacial score (nSPS) is 14.3. The summed E-state index contributed by atoms with van der Waals surface area (Å²) in [4.78, 5) is 22.2. The first-order valence-electron chi connectivity index (χ1n) is 13.7. The molecular formula is C32H36F2N4O3. The molecule has 0 aliphatic carbocycles. The lowest BCUT2D eigenvalue weighted by atomic mass is 9.95. The van der Waals surface area contributed by atoms with Crippen molar-refractivity contribution in [2.24, 2.45) is 4.99 Å². The molecule has 2 aromatic carbocycles. The fourth-order valence-electron chi connectivity index (χ4n) is 4.65. The Bertz CT molecular complexity index is 1520. The molecular weight excluding hydrogens is 526 g/mol. The number of benzene rings is 2. The highest BCUT2D eigenvalue weighted by atomic mass is 19.1. The van der Waals surface area contributed by atoms with E-state index in [4.69, 9.17) is 20.2 Å². The number of anilines is 1. The number of ether oxygens (including phenoxy) is 2. The monoisotopic (exact) mass is 562 g/mol. The maximum Gasteiger partial charge on any atom is 0.251 e. The van der Waals surface area contributed by atoms with Crippen molar-refractivity contribution in [2.45, 2.75) is 46.0 Å². The van der Waals surface area contributed by atoms with Crippen LogP contribution in [0.1, 0.15) is 78.7 Å². The van der Waals surface area contributed by atoms with Crippen LogP contribution in [0.2, 0.25) is 0 Å². The highest BCUT2D eigenvalue weighted by Gasteiger charge is 2.28. The second kappa shape index (κ2) is 12.5. The third kappa shape index (κ3) is 6.24. The van der Waals surface area contributed by atoms with Gasteiger partial charge in [0.2, 0.25) is 0 Å². The van der Waals surface area contributed by atoms with Gasteiger partial charge >= 0.3 is 0 Å². The lowest BCUT2D eigenvalue weighted by molar-refractivity contribution is 0.0958. The molecule has 3 aromatic rings.